The maximum atomic E-state index is 5.92. The van der Waals surface area contributed by atoms with E-state index in [1.165, 1.54) is 30.4 Å². The molecule has 1 N–H and O–H groups in total. The van der Waals surface area contributed by atoms with Gasteiger partial charge in [0.2, 0.25) is 0 Å². The number of fused-ring (bicyclic) bond motifs is 3. The summed E-state index contributed by atoms with van der Waals surface area (Å²) in [4.78, 5) is 2.60. The maximum absolute atomic E-state index is 5.92. The fourth-order valence-electron chi connectivity index (χ4n) is 3.86. The molecule has 4 rings (SSSR count). The largest absolute Gasteiger partial charge is 0.372 e. The lowest BCUT2D eigenvalue weighted by Gasteiger charge is -2.36. The zero-order chi connectivity index (χ0) is 12.7. The van der Waals surface area contributed by atoms with E-state index in [4.69, 9.17) is 4.74 Å². The molecule has 1 aromatic rings. The van der Waals surface area contributed by atoms with Crippen LogP contribution < -0.4 is 5.32 Å². The topological polar surface area (TPSA) is 24.5 Å². The number of likely N-dealkylation sites (tertiary alicyclic amines) is 1. The highest BCUT2D eigenvalue weighted by molar-refractivity contribution is 5.32. The minimum Gasteiger partial charge on any atom is -0.372 e. The van der Waals surface area contributed by atoms with Crippen molar-refractivity contribution < 1.29 is 4.74 Å². The van der Waals surface area contributed by atoms with Crippen LogP contribution in [0.3, 0.4) is 0 Å². The Labute approximate surface area is 114 Å². The molecule has 3 heteroatoms. The fraction of sp³-hybridized carbons (Fsp3) is 0.625. The SMILES string of the molecule is c1ccc2c(c1)CCNC2CN1CC2CCC(C1)O2. The van der Waals surface area contributed by atoms with Crippen molar-refractivity contribution in [3.8, 4) is 0 Å². The van der Waals surface area contributed by atoms with E-state index >= 15 is 0 Å². The molecule has 0 amide bonds. The number of hydrogen-bond donors (Lipinski definition) is 1. The molecule has 0 radical (unpaired) electrons. The second-order valence-corrected chi connectivity index (χ2v) is 6.13. The van der Waals surface area contributed by atoms with Gasteiger partial charge in [-0.15, -0.1) is 0 Å². The zero-order valence-electron chi connectivity index (χ0n) is 11.3. The van der Waals surface area contributed by atoms with E-state index in [1.807, 2.05) is 0 Å². The van der Waals surface area contributed by atoms with Crippen molar-refractivity contribution in [3.05, 3.63) is 35.4 Å². The Morgan fingerprint density at radius 1 is 1.16 bits per heavy atom. The Morgan fingerprint density at radius 3 is 2.79 bits per heavy atom. The number of rotatable bonds is 2. The van der Waals surface area contributed by atoms with Crippen LogP contribution in [0.25, 0.3) is 0 Å². The lowest BCUT2D eigenvalue weighted by molar-refractivity contribution is -0.0409. The summed E-state index contributed by atoms with van der Waals surface area (Å²) in [5.41, 5.74) is 3.04. The Morgan fingerprint density at radius 2 is 1.95 bits per heavy atom. The molecule has 0 aromatic heterocycles. The first-order chi connectivity index (χ1) is 9.38. The second-order valence-electron chi connectivity index (χ2n) is 6.13. The molecule has 3 unspecified atom stereocenters. The van der Waals surface area contributed by atoms with E-state index in [1.54, 1.807) is 0 Å². The van der Waals surface area contributed by atoms with Crippen LogP contribution in [0.1, 0.15) is 30.0 Å². The lowest BCUT2D eigenvalue weighted by Crippen LogP contribution is -2.47. The van der Waals surface area contributed by atoms with E-state index in [0.717, 1.165) is 26.2 Å². The number of morpholine rings is 1. The van der Waals surface area contributed by atoms with Gasteiger partial charge in [0.25, 0.3) is 0 Å². The minimum atomic E-state index is 0.498. The van der Waals surface area contributed by atoms with Gasteiger partial charge in [-0.3, -0.25) is 4.90 Å². The summed E-state index contributed by atoms with van der Waals surface area (Å²) in [5, 5.41) is 3.69. The summed E-state index contributed by atoms with van der Waals surface area (Å²) >= 11 is 0. The van der Waals surface area contributed by atoms with Crippen molar-refractivity contribution in [1.29, 1.82) is 0 Å². The molecule has 3 aliphatic heterocycles. The minimum absolute atomic E-state index is 0.498. The van der Waals surface area contributed by atoms with E-state index < -0.39 is 0 Å². The first kappa shape index (κ1) is 11.9. The third kappa shape index (κ3) is 2.31. The maximum Gasteiger partial charge on any atom is 0.0707 e. The molecule has 3 atom stereocenters. The highest BCUT2D eigenvalue weighted by Crippen LogP contribution is 2.29. The molecule has 3 aliphatic rings. The van der Waals surface area contributed by atoms with Gasteiger partial charge in [-0.05, 0) is 36.9 Å². The van der Waals surface area contributed by atoms with Crippen molar-refractivity contribution >= 4 is 0 Å². The molecule has 3 heterocycles. The standard InChI is InChI=1S/C16H22N2O/c1-2-4-15-12(3-1)7-8-17-16(15)11-18-9-13-5-6-14(10-18)19-13/h1-4,13-14,16-17H,5-11H2. The fourth-order valence-corrected chi connectivity index (χ4v) is 3.86. The van der Waals surface area contributed by atoms with Crippen LogP contribution in [0.4, 0.5) is 0 Å². The molecule has 0 saturated carbocycles. The molecule has 2 saturated heterocycles. The Bertz CT molecular complexity index is 450. The third-order valence-electron chi connectivity index (χ3n) is 4.78. The van der Waals surface area contributed by atoms with Gasteiger partial charge in [-0.25, -0.2) is 0 Å². The average molecular weight is 258 g/mol. The van der Waals surface area contributed by atoms with Crippen molar-refractivity contribution in [2.75, 3.05) is 26.2 Å². The van der Waals surface area contributed by atoms with Gasteiger partial charge in [0.05, 0.1) is 12.2 Å². The summed E-state index contributed by atoms with van der Waals surface area (Å²) < 4.78 is 5.92. The highest BCUT2D eigenvalue weighted by atomic mass is 16.5. The molecule has 19 heavy (non-hydrogen) atoms. The average Bonchev–Trinajstić information content (AvgIpc) is 2.78. The Hall–Kier alpha value is -0.900. The first-order valence-electron chi connectivity index (χ1n) is 7.57. The smallest absolute Gasteiger partial charge is 0.0707 e. The van der Waals surface area contributed by atoms with Crippen molar-refractivity contribution in [2.45, 2.75) is 37.5 Å². The molecule has 1 aromatic carbocycles. The molecule has 2 fully saturated rings. The molecule has 0 aliphatic carbocycles. The van der Waals surface area contributed by atoms with Crippen LogP contribution in [-0.2, 0) is 11.2 Å². The predicted octanol–water partition coefficient (Wildman–Crippen LogP) is 1.74. The molecule has 2 bridgehead atoms. The zero-order valence-corrected chi connectivity index (χ0v) is 11.3. The summed E-state index contributed by atoms with van der Waals surface area (Å²) in [6, 6.07) is 9.41. The number of benzene rings is 1. The summed E-state index contributed by atoms with van der Waals surface area (Å²) in [5.74, 6) is 0. The normalized spacial score (nSPS) is 34.2. The van der Waals surface area contributed by atoms with Crippen LogP contribution in [0, 0.1) is 0 Å². The first-order valence-corrected chi connectivity index (χ1v) is 7.57. The van der Waals surface area contributed by atoms with Gasteiger partial charge in [0, 0.05) is 25.7 Å². The Kier molecular flexibility index (Phi) is 3.06. The number of ether oxygens (including phenoxy) is 1. The van der Waals surface area contributed by atoms with E-state index in [0.29, 0.717) is 18.2 Å². The second kappa shape index (κ2) is 4.89. The van der Waals surface area contributed by atoms with Gasteiger partial charge in [0.1, 0.15) is 0 Å². The van der Waals surface area contributed by atoms with Crippen molar-refractivity contribution in [1.82, 2.24) is 10.2 Å². The van der Waals surface area contributed by atoms with Crippen molar-refractivity contribution in [3.63, 3.8) is 0 Å². The molecule has 0 spiro atoms. The monoisotopic (exact) mass is 258 g/mol. The van der Waals surface area contributed by atoms with Gasteiger partial charge in [-0.1, -0.05) is 24.3 Å². The van der Waals surface area contributed by atoms with Crippen LogP contribution in [0.2, 0.25) is 0 Å². The molecular formula is C16H22N2O. The number of nitrogens with zero attached hydrogens (tertiary/aromatic N) is 1. The van der Waals surface area contributed by atoms with Gasteiger partial charge in [-0.2, -0.15) is 0 Å². The number of nitrogens with one attached hydrogen (secondary N) is 1. The summed E-state index contributed by atoms with van der Waals surface area (Å²) in [6.07, 6.45) is 4.68. The van der Waals surface area contributed by atoms with Crippen LogP contribution in [0.5, 0.6) is 0 Å². The third-order valence-corrected chi connectivity index (χ3v) is 4.78. The predicted molar refractivity (Wildman–Crippen MR) is 75.2 cm³/mol. The van der Waals surface area contributed by atoms with Crippen molar-refractivity contribution in [2.24, 2.45) is 0 Å². The molecule has 3 nitrogen and oxygen atoms in total. The van der Waals surface area contributed by atoms with Crippen LogP contribution >= 0.6 is 0 Å². The van der Waals surface area contributed by atoms with Gasteiger partial charge >= 0.3 is 0 Å². The van der Waals surface area contributed by atoms with E-state index in [9.17, 15) is 0 Å². The molecule has 102 valence electrons. The number of hydrogen-bond acceptors (Lipinski definition) is 3. The van der Waals surface area contributed by atoms with Gasteiger partial charge < -0.3 is 10.1 Å². The Balaban J connectivity index is 1.49. The van der Waals surface area contributed by atoms with Gasteiger partial charge in [0.15, 0.2) is 0 Å². The van der Waals surface area contributed by atoms with Crippen LogP contribution in [-0.4, -0.2) is 43.3 Å². The van der Waals surface area contributed by atoms with E-state index in [2.05, 4.69) is 34.5 Å². The molecular weight excluding hydrogens is 236 g/mol. The summed E-state index contributed by atoms with van der Waals surface area (Å²) in [6.45, 7) is 4.49. The highest BCUT2D eigenvalue weighted by Gasteiger charge is 2.34. The van der Waals surface area contributed by atoms with E-state index in [-0.39, 0.29) is 0 Å². The lowest BCUT2D eigenvalue weighted by atomic mass is 9.94. The summed E-state index contributed by atoms with van der Waals surface area (Å²) in [7, 11) is 0. The quantitative estimate of drug-likeness (QED) is 0.874. The van der Waals surface area contributed by atoms with Crippen LogP contribution in [0.15, 0.2) is 24.3 Å².